The molecule has 0 radical (unpaired) electrons. The molecule has 0 heterocycles. The van der Waals surface area contributed by atoms with Crippen LogP contribution in [0.5, 0.6) is 0 Å². The summed E-state index contributed by atoms with van der Waals surface area (Å²) in [5.74, 6) is -0.560. The number of halogens is 3. The Balaban J connectivity index is 3.17. The highest BCUT2D eigenvalue weighted by Crippen LogP contribution is 2.30. The molecule has 0 spiro atoms. The number of benzene rings is 1. The first-order valence-electron chi connectivity index (χ1n) is 4.98. The first-order valence-corrected chi connectivity index (χ1v) is 6.53. The van der Waals surface area contributed by atoms with Crippen molar-refractivity contribution in [1.29, 1.82) is 0 Å². The summed E-state index contributed by atoms with van der Waals surface area (Å²) in [7, 11) is -3.92. The number of sulfone groups is 1. The summed E-state index contributed by atoms with van der Waals surface area (Å²) >= 11 is 0. The molecule has 0 saturated heterocycles. The summed E-state index contributed by atoms with van der Waals surface area (Å²) in [5.41, 5.74) is -0.933. The molecule has 100 valence electrons. The number of Topliss-reactive ketones (excluding diaryl/α,β-unsaturated/α-hetero) is 1. The average molecular weight is 280 g/mol. The van der Waals surface area contributed by atoms with Crippen molar-refractivity contribution in [2.75, 3.05) is 0 Å². The van der Waals surface area contributed by atoms with Crippen molar-refractivity contribution >= 4 is 15.6 Å². The topological polar surface area (TPSA) is 51.2 Å². The molecular weight excluding hydrogens is 269 g/mol. The van der Waals surface area contributed by atoms with Crippen LogP contribution in [-0.2, 0) is 20.8 Å². The molecule has 1 aromatic rings. The van der Waals surface area contributed by atoms with Crippen molar-refractivity contribution in [2.45, 2.75) is 30.2 Å². The monoisotopic (exact) mass is 280 g/mol. The molecule has 1 aromatic carbocycles. The van der Waals surface area contributed by atoms with Crippen LogP contribution in [0.25, 0.3) is 0 Å². The van der Waals surface area contributed by atoms with Gasteiger partial charge in [-0.1, -0.05) is 0 Å². The Labute approximate surface area is 103 Å². The van der Waals surface area contributed by atoms with Crippen molar-refractivity contribution in [3.8, 4) is 0 Å². The van der Waals surface area contributed by atoms with Crippen LogP contribution < -0.4 is 0 Å². The van der Waals surface area contributed by atoms with Crippen LogP contribution in [0.2, 0.25) is 0 Å². The summed E-state index contributed by atoms with van der Waals surface area (Å²) in [6.07, 6.45) is -4.52. The van der Waals surface area contributed by atoms with Gasteiger partial charge in [-0.05, 0) is 38.1 Å². The predicted octanol–water partition coefficient (Wildman–Crippen LogP) is 2.46. The van der Waals surface area contributed by atoms with E-state index in [0.717, 1.165) is 19.1 Å². The van der Waals surface area contributed by atoms with Gasteiger partial charge in [0.15, 0.2) is 9.84 Å². The lowest BCUT2D eigenvalue weighted by Gasteiger charge is -2.11. The Bertz CT molecular complexity index is 544. The fraction of sp³-hybridized carbons (Fsp3) is 0.364. The second kappa shape index (κ2) is 4.72. The maximum atomic E-state index is 12.3. The molecule has 0 saturated carbocycles. The third-order valence-corrected chi connectivity index (χ3v) is 4.74. The third kappa shape index (κ3) is 2.90. The van der Waals surface area contributed by atoms with Gasteiger partial charge in [-0.3, -0.25) is 4.79 Å². The summed E-state index contributed by atoms with van der Waals surface area (Å²) in [5, 5.41) is -1.27. The van der Waals surface area contributed by atoms with Crippen molar-refractivity contribution in [1.82, 2.24) is 0 Å². The number of ketones is 1. The molecular formula is C11H11F3O3S. The number of hydrogen-bond donors (Lipinski definition) is 0. The van der Waals surface area contributed by atoms with Gasteiger partial charge in [0, 0.05) is 0 Å². The summed E-state index contributed by atoms with van der Waals surface area (Å²) in [6.45, 7) is 2.32. The maximum Gasteiger partial charge on any atom is 0.416 e. The van der Waals surface area contributed by atoms with E-state index in [2.05, 4.69) is 0 Å². The highest BCUT2D eigenvalue weighted by Gasteiger charge is 2.32. The Kier molecular flexibility index (Phi) is 3.85. The molecule has 0 amide bonds. The number of carbonyl (C=O) groups excluding carboxylic acids is 1. The highest BCUT2D eigenvalue weighted by atomic mass is 32.2. The SMILES string of the molecule is CC(=O)C(C)S(=O)(=O)c1ccc(C(F)(F)F)cc1. The van der Waals surface area contributed by atoms with Gasteiger partial charge < -0.3 is 0 Å². The Morgan fingerprint density at radius 3 is 1.94 bits per heavy atom. The zero-order valence-electron chi connectivity index (χ0n) is 9.65. The molecule has 0 aliphatic carbocycles. The van der Waals surface area contributed by atoms with E-state index in [4.69, 9.17) is 0 Å². The van der Waals surface area contributed by atoms with E-state index >= 15 is 0 Å². The first kappa shape index (κ1) is 14.7. The van der Waals surface area contributed by atoms with Gasteiger partial charge >= 0.3 is 6.18 Å². The minimum atomic E-state index is -4.52. The second-order valence-corrected chi connectivity index (χ2v) is 6.09. The molecule has 3 nitrogen and oxygen atoms in total. The lowest BCUT2D eigenvalue weighted by Crippen LogP contribution is -2.25. The van der Waals surface area contributed by atoms with E-state index in [9.17, 15) is 26.4 Å². The van der Waals surface area contributed by atoms with Crippen LogP contribution in [0.15, 0.2) is 29.2 Å². The average Bonchev–Trinajstić information content (AvgIpc) is 2.26. The van der Waals surface area contributed by atoms with Crippen molar-refractivity contribution < 1.29 is 26.4 Å². The van der Waals surface area contributed by atoms with Gasteiger partial charge in [0.25, 0.3) is 0 Å². The van der Waals surface area contributed by atoms with Crippen molar-refractivity contribution in [2.24, 2.45) is 0 Å². The summed E-state index contributed by atoms with van der Waals surface area (Å²) < 4.78 is 60.6. The largest absolute Gasteiger partial charge is 0.416 e. The molecule has 18 heavy (non-hydrogen) atoms. The molecule has 7 heteroatoms. The summed E-state index contributed by atoms with van der Waals surface area (Å²) in [6, 6.07) is 3.08. The molecule has 0 aliphatic rings. The van der Waals surface area contributed by atoms with Gasteiger partial charge in [0.2, 0.25) is 0 Å². The number of carbonyl (C=O) groups is 1. The molecule has 0 bridgehead atoms. The van der Waals surface area contributed by atoms with E-state index in [1.807, 2.05) is 0 Å². The van der Waals surface area contributed by atoms with Gasteiger partial charge in [0.1, 0.15) is 11.0 Å². The highest BCUT2D eigenvalue weighted by molar-refractivity contribution is 7.92. The Morgan fingerprint density at radius 1 is 1.17 bits per heavy atom. The van der Waals surface area contributed by atoms with Crippen LogP contribution in [-0.4, -0.2) is 19.5 Å². The standard InChI is InChI=1S/C11H11F3O3S/c1-7(15)8(2)18(16,17)10-5-3-9(4-6-10)11(12,13)14/h3-6,8H,1-2H3. The normalized spacial score (nSPS) is 14.3. The minimum Gasteiger partial charge on any atom is -0.299 e. The number of hydrogen-bond acceptors (Lipinski definition) is 3. The molecule has 0 aromatic heterocycles. The zero-order valence-corrected chi connectivity index (χ0v) is 10.5. The van der Waals surface area contributed by atoms with E-state index < -0.39 is 32.6 Å². The smallest absolute Gasteiger partial charge is 0.299 e. The van der Waals surface area contributed by atoms with Crippen molar-refractivity contribution in [3.63, 3.8) is 0 Å². The molecule has 0 fully saturated rings. The lowest BCUT2D eigenvalue weighted by atomic mass is 10.2. The number of rotatable bonds is 3. The van der Waals surface area contributed by atoms with E-state index in [1.54, 1.807) is 0 Å². The number of alkyl halides is 3. The Hall–Kier alpha value is -1.37. The van der Waals surface area contributed by atoms with E-state index in [1.165, 1.54) is 6.92 Å². The molecule has 1 atom stereocenters. The van der Waals surface area contributed by atoms with Crippen LogP contribution in [0, 0.1) is 0 Å². The molecule has 0 aliphatic heterocycles. The third-order valence-electron chi connectivity index (χ3n) is 2.55. The van der Waals surface area contributed by atoms with Crippen LogP contribution in [0.4, 0.5) is 13.2 Å². The van der Waals surface area contributed by atoms with Crippen LogP contribution in [0.1, 0.15) is 19.4 Å². The second-order valence-electron chi connectivity index (χ2n) is 3.82. The fourth-order valence-electron chi connectivity index (χ4n) is 1.26. The van der Waals surface area contributed by atoms with Gasteiger partial charge in [-0.15, -0.1) is 0 Å². The van der Waals surface area contributed by atoms with Crippen molar-refractivity contribution in [3.05, 3.63) is 29.8 Å². The van der Waals surface area contributed by atoms with Gasteiger partial charge in [-0.2, -0.15) is 13.2 Å². The molecule has 1 unspecified atom stereocenters. The fourth-order valence-corrected chi connectivity index (χ4v) is 2.62. The Morgan fingerprint density at radius 2 is 1.61 bits per heavy atom. The predicted molar refractivity (Wildman–Crippen MR) is 58.8 cm³/mol. The molecule has 0 N–H and O–H groups in total. The van der Waals surface area contributed by atoms with Crippen LogP contribution >= 0.6 is 0 Å². The lowest BCUT2D eigenvalue weighted by molar-refractivity contribution is -0.137. The van der Waals surface area contributed by atoms with Gasteiger partial charge in [-0.25, -0.2) is 8.42 Å². The summed E-state index contributed by atoms with van der Waals surface area (Å²) in [4.78, 5) is 10.7. The van der Waals surface area contributed by atoms with E-state index in [-0.39, 0.29) is 4.90 Å². The maximum absolute atomic E-state index is 12.3. The quantitative estimate of drug-likeness (QED) is 0.854. The van der Waals surface area contributed by atoms with E-state index in [0.29, 0.717) is 12.1 Å². The van der Waals surface area contributed by atoms with Crippen LogP contribution in [0.3, 0.4) is 0 Å². The van der Waals surface area contributed by atoms with Gasteiger partial charge in [0.05, 0.1) is 10.5 Å². The zero-order chi connectivity index (χ0) is 14.1. The minimum absolute atomic E-state index is 0.293. The molecule has 1 rings (SSSR count). The first-order chi connectivity index (χ1) is 8.06.